The summed E-state index contributed by atoms with van der Waals surface area (Å²) in [5.74, 6) is -3.09. The number of aryl methyl sites for hydroxylation is 1. The van der Waals surface area contributed by atoms with Crippen LogP contribution in [0.25, 0.3) is 0 Å². The molecule has 0 saturated heterocycles. The van der Waals surface area contributed by atoms with E-state index in [0.29, 0.717) is 11.1 Å². The normalized spacial score (nSPS) is 10.2. The number of anilines is 1. The van der Waals surface area contributed by atoms with E-state index in [-0.39, 0.29) is 22.0 Å². The van der Waals surface area contributed by atoms with Crippen LogP contribution in [-0.4, -0.2) is 56.5 Å². The zero-order chi connectivity index (χ0) is 24.5. The van der Waals surface area contributed by atoms with Crippen molar-refractivity contribution in [1.29, 1.82) is 0 Å². The maximum atomic E-state index is 12.3. The Kier molecular flexibility index (Phi) is 9.10. The molecule has 3 amide bonds. The van der Waals surface area contributed by atoms with E-state index >= 15 is 0 Å². The molecule has 0 spiro atoms. The summed E-state index contributed by atoms with van der Waals surface area (Å²) in [4.78, 5) is 60.9. The second-order valence-corrected chi connectivity index (χ2v) is 7.84. The fourth-order valence-corrected chi connectivity index (χ4v) is 3.94. The third-order valence-electron chi connectivity index (χ3n) is 4.35. The minimum atomic E-state index is -0.815. The van der Waals surface area contributed by atoms with Crippen molar-refractivity contribution in [2.24, 2.45) is 0 Å². The predicted molar refractivity (Wildman–Crippen MR) is 122 cm³/mol. The molecule has 0 unspecified atom stereocenters. The molecule has 0 radical (unpaired) electrons. The van der Waals surface area contributed by atoms with Gasteiger partial charge in [-0.3, -0.25) is 19.2 Å². The third kappa shape index (κ3) is 6.88. The standard InChI is InChI=1S/C22H25N3O7S/c1-5-31-22(30)17-13(3)18(20(29)23-4)33-21(17)25-15(26)11-32-16(27)10-24-19(28)14-8-6-7-12(2)9-14/h6-9H,5,10-11H2,1-4H3,(H,23,29)(H,24,28)(H,25,26). The molecule has 2 rings (SSSR count). The number of carbonyl (C=O) groups is 5. The van der Waals surface area contributed by atoms with Crippen molar-refractivity contribution in [1.82, 2.24) is 10.6 Å². The van der Waals surface area contributed by atoms with E-state index < -0.39 is 42.8 Å². The van der Waals surface area contributed by atoms with Gasteiger partial charge in [-0.2, -0.15) is 0 Å². The highest BCUT2D eigenvalue weighted by molar-refractivity contribution is 7.18. The first-order valence-corrected chi connectivity index (χ1v) is 10.8. The summed E-state index contributed by atoms with van der Waals surface area (Å²) in [6, 6.07) is 6.84. The van der Waals surface area contributed by atoms with E-state index in [1.165, 1.54) is 7.05 Å². The summed E-state index contributed by atoms with van der Waals surface area (Å²) in [7, 11) is 1.45. The summed E-state index contributed by atoms with van der Waals surface area (Å²) in [5, 5.41) is 7.47. The second-order valence-electron chi connectivity index (χ2n) is 6.82. The van der Waals surface area contributed by atoms with Gasteiger partial charge in [-0.25, -0.2) is 4.79 Å². The zero-order valence-corrected chi connectivity index (χ0v) is 19.5. The maximum absolute atomic E-state index is 12.3. The van der Waals surface area contributed by atoms with Crippen molar-refractivity contribution in [2.75, 3.05) is 32.1 Å². The lowest BCUT2D eigenvalue weighted by atomic mass is 10.1. The van der Waals surface area contributed by atoms with Crippen LogP contribution >= 0.6 is 11.3 Å². The topological polar surface area (TPSA) is 140 Å². The molecule has 33 heavy (non-hydrogen) atoms. The first-order chi connectivity index (χ1) is 15.7. The molecule has 0 aliphatic carbocycles. The Bertz CT molecular complexity index is 1080. The quantitative estimate of drug-likeness (QED) is 0.470. The van der Waals surface area contributed by atoms with Crippen molar-refractivity contribution in [2.45, 2.75) is 20.8 Å². The largest absolute Gasteiger partial charge is 0.462 e. The molecular formula is C22H25N3O7S. The second kappa shape index (κ2) is 11.8. The van der Waals surface area contributed by atoms with Crippen LogP contribution in [0.1, 0.15) is 48.4 Å². The average molecular weight is 476 g/mol. The minimum absolute atomic E-state index is 0.0607. The Morgan fingerprint density at radius 2 is 1.76 bits per heavy atom. The van der Waals surface area contributed by atoms with Gasteiger partial charge in [-0.1, -0.05) is 17.7 Å². The van der Waals surface area contributed by atoms with E-state index in [9.17, 15) is 24.0 Å². The van der Waals surface area contributed by atoms with Crippen molar-refractivity contribution >= 4 is 46.0 Å². The van der Waals surface area contributed by atoms with Crippen LogP contribution in [0.2, 0.25) is 0 Å². The summed E-state index contributed by atoms with van der Waals surface area (Å²) < 4.78 is 9.90. The van der Waals surface area contributed by atoms with Crippen LogP contribution in [0.4, 0.5) is 5.00 Å². The number of nitrogens with one attached hydrogen (secondary N) is 3. The van der Waals surface area contributed by atoms with Crippen molar-refractivity contribution in [3.05, 3.63) is 51.4 Å². The van der Waals surface area contributed by atoms with Crippen molar-refractivity contribution in [3.63, 3.8) is 0 Å². The zero-order valence-electron chi connectivity index (χ0n) is 18.7. The van der Waals surface area contributed by atoms with Gasteiger partial charge in [-0.05, 0) is 38.5 Å². The lowest BCUT2D eigenvalue weighted by Crippen LogP contribution is -2.32. The Morgan fingerprint density at radius 1 is 1.03 bits per heavy atom. The Balaban J connectivity index is 1.97. The van der Waals surface area contributed by atoms with Crippen LogP contribution < -0.4 is 16.0 Å². The Morgan fingerprint density at radius 3 is 2.39 bits per heavy atom. The maximum Gasteiger partial charge on any atom is 0.341 e. The lowest BCUT2D eigenvalue weighted by Gasteiger charge is -2.08. The molecule has 1 aromatic carbocycles. The smallest absolute Gasteiger partial charge is 0.341 e. The van der Waals surface area contributed by atoms with Gasteiger partial charge < -0.3 is 25.4 Å². The van der Waals surface area contributed by atoms with Crippen molar-refractivity contribution in [3.8, 4) is 0 Å². The molecule has 1 heterocycles. The third-order valence-corrected chi connectivity index (χ3v) is 5.56. The van der Waals surface area contributed by atoms with Crippen LogP contribution in [-0.2, 0) is 19.1 Å². The average Bonchev–Trinajstić information content (AvgIpc) is 3.11. The highest BCUT2D eigenvalue weighted by Crippen LogP contribution is 2.33. The molecule has 0 fully saturated rings. The van der Waals surface area contributed by atoms with Gasteiger partial charge in [-0.15, -0.1) is 11.3 Å². The first-order valence-electron chi connectivity index (χ1n) is 10.0. The number of thiophene rings is 1. The molecule has 176 valence electrons. The van der Waals surface area contributed by atoms with Crippen LogP contribution in [0.15, 0.2) is 24.3 Å². The van der Waals surface area contributed by atoms with Gasteiger partial charge in [0.2, 0.25) is 0 Å². The van der Waals surface area contributed by atoms with Gasteiger partial charge in [0.1, 0.15) is 11.5 Å². The molecule has 2 aromatic rings. The molecule has 10 nitrogen and oxygen atoms in total. The van der Waals surface area contributed by atoms with Gasteiger partial charge in [0.15, 0.2) is 6.61 Å². The van der Waals surface area contributed by atoms with E-state index in [0.717, 1.165) is 16.9 Å². The highest BCUT2D eigenvalue weighted by Gasteiger charge is 2.26. The van der Waals surface area contributed by atoms with E-state index in [2.05, 4.69) is 16.0 Å². The number of esters is 2. The number of hydrogen-bond acceptors (Lipinski definition) is 8. The van der Waals surface area contributed by atoms with Crippen LogP contribution in [0.3, 0.4) is 0 Å². The van der Waals surface area contributed by atoms with E-state index in [1.807, 2.05) is 13.0 Å². The van der Waals surface area contributed by atoms with Gasteiger partial charge in [0.25, 0.3) is 17.7 Å². The predicted octanol–water partition coefficient (Wildman–Crippen LogP) is 1.81. The molecule has 0 aliphatic heterocycles. The van der Waals surface area contributed by atoms with E-state index in [1.54, 1.807) is 32.0 Å². The number of rotatable bonds is 9. The van der Waals surface area contributed by atoms with Gasteiger partial charge in [0.05, 0.1) is 17.0 Å². The SMILES string of the molecule is CCOC(=O)c1c(NC(=O)COC(=O)CNC(=O)c2cccc(C)c2)sc(C(=O)NC)c1C. The monoisotopic (exact) mass is 475 g/mol. The summed E-state index contributed by atoms with van der Waals surface area (Å²) in [5.41, 5.74) is 1.72. The minimum Gasteiger partial charge on any atom is -0.462 e. The molecule has 3 N–H and O–H groups in total. The number of ether oxygens (including phenoxy) is 2. The van der Waals surface area contributed by atoms with Crippen LogP contribution in [0.5, 0.6) is 0 Å². The molecule has 1 aromatic heterocycles. The Labute approximate surface area is 194 Å². The molecular weight excluding hydrogens is 450 g/mol. The number of carbonyl (C=O) groups excluding carboxylic acids is 5. The van der Waals surface area contributed by atoms with Crippen LogP contribution in [0, 0.1) is 13.8 Å². The summed E-state index contributed by atoms with van der Waals surface area (Å²) >= 11 is 0.906. The van der Waals surface area contributed by atoms with Crippen molar-refractivity contribution < 1.29 is 33.4 Å². The number of benzene rings is 1. The molecule has 11 heteroatoms. The van der Waals surface area contributed by atoms with Gasteiger partial charge in [0, 0.05) is 12.6 Å². The van der Waals surface area contributed by atoms with Gasteiger partial charge >= 0.3 is 11.9 Å². The fraction of sp³-hybridized carbons (Fsp3) is 0.318. The lowest BCUT2D eigenvalue weighted by molar-refractivity contribution is -0.146. The highest BCUT2D eigenvalue weighted by atomic mass is 32.1. The first kappa shape index (κ1) is 25.5. The molecule has 0 saturated carbocycles. The van der Waals surface area contributed by atoms with E-state index in [4.69, 9.17) is 9.47 Å². The number of hydrogen-bond donors (Lipinski definition) is 3. The molecule has 0 aliphatic rings. The molecule has 0 atom stereocenters. The summed E-state index contributed by atoms with van der Waals surface area (Å²) in [6.45, 7) is 4.09. The number of amides is 3. The summed E-state index contributed by atoms with van der Waals surface area (Å²) in [6.07, 6.45) is 0. The molecule has 0 bridgehead atoms. The Hall–Kier alpha value is -3.73. The fourth-order valence-electron chi connectivity index (χ4n) is 2.78.